The van der Waals surface area contributed by atoms with Crippen LogP contribution < -0.4 is 10.1 Å². The second kappa shape index (κ2) is 4.87. The zero-order valence-electron chi connectivity index (χ0n) is 10.3. The minimum absolute atomic E-state index is 0.786. The Morgan fingerprint density at radius 2 is 1.71 bits per heavy atom. The normalized spacial score (nSPS) is 10.1. The van der Waals surface area contributed by atoms with Crippen molar-refractivity contribution >= 4 is 5.82 Å². The number of ether oxygens (including phenoxy) is 1. The lowest BCUT2D eigenvalue weighted by Gasteiger charge is -2.08. The monoisotopic (exact) mass is 228 g/mol. The van der Waals surface area contributed by atoms with Gasteiger partial charge in [-0.1, -0.05) is 6.07 Å². The molecule has 3 nitrogen and oxygen atoms in total. The van der Waals surface area contributed by atoms with E-state index < -0.39 is 0 Å². The van der Waals surface area contributed by atoms with Gasteiger partial charge in [0, 0.05) is 19.3 Å². The molecule has 2 aromatic rings. The summed E-state index contributed by atoms with van der Waals surface area (Å²) in [5.41, 5.74) is 2.39. The van der Waals surface area contributed by atoms with Crippen LogP contribution in [-0.2, 0) is 0 Å². The zero-order chi connectivity index (χ0) is 12.3. The van der Waals surface area contributed by atoms with Gasteiger partial charge in [0.25, 0.3) is 0 Å². The van der Waals surface area contributed by atoms with E-state index in [0.29, 0.717) is 0 Å². The maximum atomic E-state index is 5.80. The molecule has 0 saturated heterocycles. The predicted octanol–water partition coefficient (Wildman–Crippen LogP) is 3.53. The Bertz CT molecular complexity index is 503. The summed E-state index contributed by atoms with van der Waals surface area (Å²) in [7, 11) is 1.84. The number of nitrogens with one attached hydrogen (secondary N) is 1. The SMILES string of the molecule is CNc1cc(Oc2cc(C)cc(C)c2)ccn1. The largest absolute Gasteiger partial charge is 0.457 e. The first-order valence-corrected chi connectivity index (χ1v) is 5.57. The number of benzene rings is 1. The topological polar surface area (TPSA) is 34.1 Å². The van der Waals surface area contributed by atoms with E-state index in [1.165, 1.54) is 11.1 Å². The molecule has 0 aliphatic heterocycles. The summed E-state index contributed by atoms with van der Waals surface area (Å²) in [6, 6.07) is 9.88. The van der Waals surface area contributed by atoms with Crippen molar-refractivity contribution < 1.29 is 4.74 Å². The number of aryl methyl sites for hydroxylation is 2. The van der Waals surface area contributed by atoms with E-state index in [1.54, 1.807) is 6.20 Å². The van der Waals surface area contributed by atoms with Crippen LogP contribution in [-0.4, -0.2) is 12.0 Å². The van der Waals surface area contributed by atoms with Crippen LogP contribution in [0.4, 0.5) is 5.82 Å². The lowest BCUT2D eigenvalue weighted by atomic mass is 10.1. The van der Waals surface area contributed by atoms with Crippen molar-refractivity contribution in [1.82, 2.24) is 4.98 Å². The molecule has 0 radical (unpaired) electrons. The zero-order valence-corrected chi connectivity index (χ0v) is 10.3. The van der Waals surface area contributed by atoms with E-state index in [2.05, 4.69) is 30.2 Å². The third-order valence-electron chi connectivity index (χ3n) is 2.42. The number of aromatic nitrogens is 1. The molecule has 17 heavy (non-hydrogen) atoms. The molecule has 0 aliphatic carbocycles. The van der Waals surface area contributed by atoms with Crippen molar-refractivity contribution in [2.75, 3.05) is 12.4 Å². The van der Waals surface area contributed by atoms with Crippen LogP contribution in [0.5, 0.6) is 11.5 Å². The van der Waals surface area contributed by atoms with Gasteiger partial charge in [-0.25, -0.2) is 4.98 Å². The quantitative estimate of drug-likeness (QED) is 0.872. The predicted molar refractivity (Wildman–Crippen MR) is 69.8 cm³/mol. The molecule has 1 N–H and O–H groups in total. The summed E-state index contributed by atoms with van der Waals surface area (Å²) in [6.45, 7) is 4.12. The molecule has 0 atom stereocenters. The summed E-state index contributed by atoms with van der Waals surface area (Å²) in [5, 5.41) is 2.98. The van der Waals surface area contributed by atoms with Crippen LogP contribution >= 0.6 is 0 Å². The maximum Gasteiger partial charge on any atom is 0.132 e. The van der Waals surface area contributed by atoms with Crippen LogP contribution in [0.2, 0.25) is 0 Å². The maximum absolute atomic E-state index is 5.80. The highest BCUT2D eigenvalue weighted by Crippen LogP contribution is 2.24. The fourth-order valence-corrected chi connectivity index (χ4v) is 1.74. The third kappa shape index (κ3) is 2.97. The number of pyridine rings is 1. The summed E-state index contributed by atoms with van der Waals surface area (Å²) in [5.74, 6) is 2.44. The minimum atomic E-state index is 0.786. The summed E-state index contributed by atoms with van der Waals surface area (Å²) in [4.78, 5) is 4.14. The Morgan fingerprint density at radius 1 is 1.00 bits per heavy atom. The highest BCUT2D eigenvalue weighted by molar-refractivity contribution is 5.43. The van der Waals surface area contributed by atoms with Crippen LogP contribution in [0.1, 0.15) is 11.1 Å². The van der Waals surface area contributed by atoms with E-state index in [-0.39, 0.29) is 0 Å². The minimum Gasteiger partial charge on any atom is -0.457 e. The standard InChI is InChI=1S/C14H16N2O/c1-10-6-11(2)8-13(7-10)17-12-4-5-16-14(9-12)15-3/h4-9H,1-3H3,(H,15,16). The molecule has 2 rings (SSSR count). The summed E-state index contributed by atoms with van der Waals surface area (Å²) in [6.07, 6.45) is 1.73. The fraction of sp³-hybridized carbons (Fsp3) is 0.214. The Hall–Kier alpha value is -2.03. The summed E-state index contributed by atoms with van der Waals surface area (Å²) < 4.78 is 5.80. The molecule has 0 amide bonds. The van der Waals surface area contributed by atoms with E-state index in [1.807, 2.05) is 31.3 Å². The molecule has 1 aromatic heterocycles. The van der Waals surface area contributed by atoms with Gasteiger partial charge in [-0.3, -0.25) is 0 Å². The molecule has 0 saturated carbocycles. The average molecular weight is 228 g/mol. The smallest absolute Gasteiger partial charge is 0.132 e. The van der Waals surface area contributed by atoms with Gasteiger partial charge in [0.05, 0.1) is 0 Å². The number of anilines is 1. The molecule has 0 fully saturated rings. The van der Waals surface area contributed by atoms with Gasteiger partial charge in [-0.15, -0.1) is 0 Å². The van der Waals surface area contributed by atoms with Gasteiger partial charge >= 0.3 is 0 Å². The highest BCUT2D eigenvalue weighted by atomic mass is 16.5. The Kier molecular flexibility index (Phi) is 3.28. The molecule has 1 heterocycles. The molecule has 0 aliphatic rings. The van der Waals surface area contributed by atoms with Crippen molar-refractivity contribution in [3.63, 3.8) is 0 Å². The molecule has 3 heteroatoms. The molecular formula is C14H16N2O. The first-order valence-electron chi connectivity index (χ1n) is 5.57. The van der Waals surface area contributed by atoms with Crippen LogP contribution in [0, 0.1) is 13.8 Å². The van der Waals surface area contributed by atoms with Gasteiger partial charge in [0.1, 0.15) is 17.3 Å². The second-order valence-corrected chi connectivity index (χ2v) is 4.05. The molecule has 0 spiro atoms. The van der Waals surface area contributed by atoms with Gasteiger partial charge in [-0.2, -0.15) is 0 Å². The van der Waals surface area contributed by atoms with Crippen LogP contribution in [0.25, 0.3) is 0 Å². The van der Waals surface area contributed by atoms with Crippen molar-refractivity contribution in [2.24, 2.45) is 0 Å². The molecule has 0 unspecified atom stereocenters. The number of nitrogens with zero attached hydrogens (tertiary/aromatic N) is 1. The third-order valence-corrected chi connectivity index (χ3v) is 2.42. The molecule has 1 aromatic carbocycles. The lowest BCUT2D eigenvalue weighted by Crippen LogP contribution is -1.92. The van der Waals surface area contributed by atoms with E-state index in [4.69, 9.17) is 4.74 Å². The van der Waals surface area contributed by atoms with E-state index in [0.717, 1.165) is 17.3 Å². The summed E-state index contributed by atoms with van der Waals surface area (Å²) >= 11 is 0. The molecule has 0 bridgehead atoms. The van der Waals surface area contributed by atoms with Crippen LogP contribution in [0.3, 0.4) is 0 Å². The Morgan fingerprint density at radius 3 is 2.35 bits per heavy atom. The Balaban J connectivity index is 2.24. The van der Waals surface area contributed by atoms with Crippen LogP contribution in [0.15, 0.2) is 36.5 Å². The first kappa shape index (κ1) is 11.5. The van der Waals surface area contributed by atoms with Gasteiger partial charge in [0.15, 0.2) is 0 Å². The van der Waals surface area contributed by atoms with E-state index >= 15 is 0 Å². The molecular weight excluding hydrogens is 212 g/mol. The lowest BCUT2D eigenvalue weighted by molar-refractivity contribution is 0.481. The highest BCUT2D eigenvalue weighted by Gasteiger charge is 2.00. The van der Waals surface area contributed by atoms with Gasteiger partial charge < -0.3 is 10.1 Å². The van der Waals surface area contributed by atoms with Crippen molar-refractivity contribution in [2.45, 2.75) is 13.8 Å². The number of hydrogen-bond acceptors (Lipinski definition) is 3. The first-order chi connectivity index (χ1) is 8.17. The van der Waals surface area contributed by atoms with Crippen molar-refractivity contribution in [3.8, 4) is 11.5 Å². The van der Waals surface area contributed by atoms with E-state index in [9.17, 15) is 0 Å². The van der Waals surface area contributed by atoms with Gasteiger partial charge in [0.2, 0.25) is 0 Å². The van der Waals surface area contributed by atoms with Gasteiger partial charge in [-0.05, 0) is 43.2 Å². The molecule has 88 valence electrons. The fourth-order valence-electron chi connectivity index (χ4n) is 1.74. The Labute approximate surface area is 101 Å². The number of hydrogen-bond donors (Lipinski definition) is 1. The number of rotatable bonds is 3. The van der Waals surface area contributed by atoms with Crippen molar-refractivity contribution in [3.05, 3.63) is 47.7 Å². The second-order valence-electron chi connectivity index (χ2n) is 4.05. The van der Waals surface area contributed by atoms with Crippen molar-refractivity contribution in [1.29, 1.82) is 0 Å². The average Bonchev–Trinajstić information content (AvgIpc) is 2.28.